The van der Waals surface area contributed by atoms with Crippen molar-refractivity contribution in [3.8, 4) is 11.8 Å². The molecule has 0 radical (unpaired) electrons. The van der Waals surface area contributed by atoms with Gasteiger partial charge in [-0.3, -0.25) is 4.99 Å². The van der Waals surface area contributed by atoms with Gasteiger partial charge in [0.05, 0.1) is 46.2 Å². The van der Waals surface area contributed by atoms with Gasteiger partial charge in [0.1, 0.15) is 6.61 Å². The highest BCUT2D eigenvalue weighted by atomic mass is 35.5. The number of hydrogen-bond donors (Lipinski definition) is 1. The smallest absolute Gasteiger partial charge is 0.228 e. The largest absolute Gasteiger partial charge is 0.480 e. The van der Waals surface area contributed by atoms with Crippen LogP contribution in [0.4, 0.5) is 5.69 Å². The lowest BCUT2D eigenvalue weighted by atomic mass is 10.1. The quantitative estimate of drug-likeness (QED) is 0.763. The highest BCUT2D eigenvalue weighted by Crippen LogP contribution is 2.35. The molecule has 0 saturated heterocycles. The Bertz CT molecular complexity index is 890. The number of ether oxygens (including phenoxy) is 2. The second kappa shape index (κ2) is 8.49. The second-order valence-electron chi connectivity index (χ2n) is 5.83. The summed E-state index contributed by atoms with van der Waals surface area (Å²) in [6.07, 6.45) is 6.52. The Kier molecular flexibility index (Phi) is 6.08. The number of allylic oxidation sites excluding steroid dienone is 1. The summed E-state index contributed by atoms with van der Waals surface area (Å²) in [5, 5.41) is 0.539. The number of fused-ring (bicyclic) bond motifs is 1. The van der Waals surface area contributed by atoms with Crippen LogP contribution in [0.25, 0.3) is 0 Å². The van der Waals surface area contributed by atoms with E-state index >= 15 is 0 Å². The number of aromatic nitrogens is 2. The number of nitrogens with two attached hydrogens (primary N) is 1. The summed E-state index contributed by atoms with van der Waals surface area (Å²) >= 11 is 7.50. The van der Waals surface area contributed by atoms with Gasteiger partial charge in [-0.15, -0.1) is 0 Å². The van der Waals surface area contributed by atoms with Gasteiger partial charge in [0.15, 0.2) is 0 Å². The van der Waals surface area contributed by atoms with Crippen molar-refractivity contribution in [1.29, 1.82) is 0 Å². The highest BCUT2D eigenvalue weighted by Gasteiger charge is 2.19. The first kappa shape index (κ1) is 19.3. The van der Waals surface area contributed by atoms with E-state index < -0.39 is 0 Å². The van der Waals surface area contributed by atoms with Gasteiger partial charge in [-0.05, 0) is 43.3 Å². The van der Waals surface area contributed by atoms with Gasteiger partial charge < -0.3 is 19.5 Å². The van der Waals surface area contributed by atoms with E-state index in [0.717, 1.165) is 21.9 Å². The van der Waals surface area contributed by atoms with Crippen LogP contribution in [0.15, 0.2) is 46.7 Å². The summed E-state index contributed by atoms with van der Waals surface area (Å²) < 4.78 is 13.0. The molecule has 7 nitrogen and oxygen atoms in total. The van der Waals surface area contributed by atoms with Crippen LogP contribution >= 0.6 is 23.5 Å². The Labute approximate surface area is 167 Å². The monoisotopic (exact) mass is 405 g/mol. The predicted octanol–water partition coefficient (Wildman–Crippen LogP) is 3.32. The number of rotatable bonds is 5. The Morgan fingerprint density at radius 3 is 2.93 bits per heavy atom. The average Bonchev–Trinajstić information content (AvgIpc) is 2.81. The van der Waals surface area contributed by atoms with Crippen LogP contribution in [-0.4, -0.2) is 42.5 Å². The number of halogens is 1. The Morgan fingerprint density at radius 1 is 1.37 bits per heavy atom. The molecule has 9 heteroatoms. The van der Waals surface area contributed by atoms with E-state index in [-0.39, 0.29) is 6.04 Å². The van der Waals surface area contributed by atoms with E-state index in [0.29, 0.717) is 23.4 Å². The molecule has 0 fully saturated rings. The minimum absolute atomic E-state index is 0.0164. The molecule has 27 heavy (non-hydrogen) atoms. The molecule has 0 bridgehead atoms. The third-order valence-electron chi connectivity index (χ3n) is 3.76. The number of anilines is 1. The van der Waals surface area contributed by atoms with Crippen LogP contribution < -0.4 is 19.5 Å². The first-order valence-electron chi connectivity index (χ1n) is 8.22. The van der Waals surface area contributed by atoms with Crippen molar-refractivity contribution in [1.82, 2.24) is 9.97 Å². The first-order chi connectivity index (χ1) is 13.0. The highest BCUT2D eigenvalue weighted by molar-refractivity contribution is 8.00. The summed E-state index contributed by atoms with van der Waals surface area (Å²) in [5.41, 5.74) is 7.98. The number of methoxy groups -OCH3 is 1. The molecule has 1 aliphatic heterocycles. The molecule has 2 N–H and O–H groups in total. The molecule has 142 valence electrons. The minimum Gasteiger partial charge on any atom is -0.480 e. The molecule has 2 aromatic rings. The number of hydrogen-bond acceptors (Lipinski definition) is 8. The molecule has 2 aromatic heterocycles. The zero-order valence-corrected chi connectivity index (χ0v) is 16.8. The topological polar surface area (TPSA) is 85.9 Å². The molecule has 1 unspecified atom stereocenters. The van der Waals surface area contributed by atoms with Gasteiger partial charge in [-0.25, -0.2) is 9.97 Å². The lowest BCUT2D eigenvalue weighted by molar-refractivity contribution is 0.289. The van der Waals surface area contributed by atoms with Crippen molar-refractivity contribution in [2.24, 2.45) is 10.7 Å². The van der Waals surface area contributed by atoms with E-state index in [2.05, 4.69) is 15.0 Å². The van der Waals surface area contributed by atoms with Crippen molar-refractivity contribution < 1.29 is 9.47 Å². The summed E-state index contributed by atoms with van der Waals surface area (Å²) in [5.74, 6) is 1.05. The maximum absolute atomic E-state index is 6.07. The van der Waals surface area contributed by atoms with Crippen molar-refractivity contribution in [3.63, 3.8) is 0 Å². The standard InChI is InChI=1S/C18H20ClN5O2S/c1-11-10-26-17-14(15(23-11)4-5-20)7-13(9-22-17)24(2)27-16-6-12(19)8-21-18(16)25-3/h4-9,11H,10,20H2,1-3H3. The summed E-state index contributed by atoms with van der Waals surface area (Å²) in [4.78, 5) is 14.1. The molecule has 3 heterocycles. The van der Waals surface area contributed by atoms with Crippen LogP contribution in [0, 0.1) is 0 Å². The summed E-state index contributed by atoms with van der Waals surface area (Å²) in [6, 6.07) is 3.79. The Hall–Kier alpha value is -2.45. The van der Waals surface area contributed by atoms with Crippen molar-refractivity contribution in [3.05, 3.63) is 47.4 Å². The van der Waals surface area contributed by atoms with Gasteiger partial charge >= 0.3 is 0 Å². The molecule has 0 spiro atoms. The fraction of sp³-hybridized carbons (Fsp3) is 0.278. The van der Waals surface area contributed by atoms with E-state index in [1.165, 1.54) is 18.1 Å². The van der Waals surface area contributed by atoms with E-state index in [1.54, 1.807) is 31.6 Å². The van der Waals surface area contributed by atoms with Gasteiger partial charge in [0, 0.05) is 13.2 Å². The van der Waals surface area contributed by atoms with E-state index in [1.807, 2.05) is 24.3 Å². The van der Waals surface area contributed by atoms with E-state index in [4.69, 9.17) is 26.8 Å². The lowest BCUT2D eigenvalue weighted by Gasteiger charge is -2.20. The van der Waals surface area contributed by atoms with Crippen LogP contribution in [0.1, 0.15) is 12.5 Å². The first-order valence-corrected chi connectivity index (χ1v) is 9.37. The average molecular weight is 406 g/mol. The molecule has 3 rings (SSSR count). The molecular formula is C18H20ClN5O2S. The van der Waals surface area contributed by atoms with Crippen molar-refractivity contribution in [2.45, 2.75) is 17.9 Å². The molecule has 0 saturated carbocycles. The van der Waals surface area contributed by atoms with Crippen molar-refractivity contribution in [2.75, 3.05) is 25.1 Å². The Morgan fingerprint density at radius 2 is 2.19 bits per heavy atom. The van der Waals surface area contributed by atoms with Crippen LogP contribution in [0.2, 0.25) is 5.02 Å². The number of aliphatic imine (C=N–C) groups is 1. The maximum atomic E-state index is 6.07. The normalized spacial score (nSPS) is 16.3. The molecule has 1 atom stereocenters. The van der Waals surface area contributed by atoms with Gasteiger partial charge in [0.2, 0.25) is 11.8 Å². The molecule has 1 aliphatic rings. The third kappa shape index (κ3) is 4.45. The van der Waals surface area contributed by atoms with Crippen molar-refractivity contribution >= 4 is 34.9 Å². The van der Waals surface area contributed by atoms with Gasteiger partial charge in [0.25, 0.3) is 0 Å². The second-order valence-corrected chi connectivity index (χ2v) is 7.44. The summed E-state index contributed by atoms with van der Waals surface area (Å²) in [6.45, 7) is 2.45. The molecule has 0 aliphatic carbocycles. The molecule has 0 aromatic carbocycles. The Balaban J connectivity index is 1.93. The SMILES string of the molecule is COc1ncc(Cl)cc1SN(C)c1cnc2c(c1)C(C=CN)=NC(C)CO2. The molecule has 0 amide bonds. The predicted molar refractivity (Wildman–Crippen MR) is 109 cm³/mol. The number of nitrogens with zero attached hydrogens (tertiary/aromatic N) is 4. The van der Waals surface area contributed by atoms with Crippen LogP contribution in [0.3, 0.4) is 0 Å². The summed E-state index contributed by atoms with van der Waals surface area (Å²) in [7, 11) is 3.49. The number of pyridine rings is 2. The van der Waals surface area contributed by atoms with E-state index in [9.17, 15) is 0 Å². The zero-order valence-electron chi connectivity index (χ0n) is 15.2. The third-order valence-corrected chi connectivity index (χ3v) is 4.95. The van der Waals surface area contributed by atoms with Gasteiger partial charge in [-0.1, -0.05) is 11.6 Å². The molecular weight excluding hydrogens is 386 g/mol. The van der Waals surface area contributed by atoms with Gasteiger partial charge in [-0.2, -0.15) is 0 Å². The minimum atomic E-state index is 0.0164. The zero-order chi connectivity index (χ0) is 19.4. The lowest BCUT2D eigenvalue weighted by Crippen LogP contribution is -2.11. The fourth-order valence-electron chi connectivity index (χ4n) is 2.51. The van der Waals surface area contributed by atoms with Crippen LogP contribution in [0.5, 0.6) is 11.8 Å². The maximum Gasteiger partial charge on any atom is 0.228 e. The van der Waals surface area contributed by atoms with Crippen LogP contribution in [-0.2, 0) is 0 Å². The fourth-order valence-corrected chi connectivity index (χ4v) is 3.62.